The molecule has 1 amide bonds. The van der Waals surface area contributed by atoms with Gasteiger partial charge in [-0.2, -0.15) is 0 Å². The number of amides is 1. The second kappa shape index (κ2) is 8.19. The molecule has 0 atom stereocenters. The predicted octanol–water partition coefficient (Wildman–Crippen LogP) is 2.82. The number of anilines is 1. The minimum absolute atomic E-state index is 0.117. The van der Waals surface area contributed by atoms with E-state index in [0.717, 1.165) is 5.56 Å². The van der Waals surface area contributed by atoms with Crippen molar-refractivity contribution in [3.05, 3.63) is 71.0 Å². The molecule has 8 nitrogen and oxygen atoms in total. The van der Waals surface area contributed by atoms with Crippen LogP contribution < -0.4 is 15.6 Å². The van der Waals surface area contributed by atoms with E-state index in [-0.39, 0.29) is 17.2 Å². The van der Waals surface area contributed by atoms with Gasteiger partial charge in [0.05, 0.1) is 24.2 Å². The Morgan fingerprint density at radius 2 is 1.90 bits per heavy atom. The molecule has 9 heteroatoms. The van der Waals surface area contributed by atoms with Crippen LogP contribution >= 0.6 is 11.8 Å². The Morgan fingerprint density at radius 1 is 1.14 bits per heavy atom. The van der Waals surface area contributed by atoms with Gasteiger partial charge in [0.2, 0.25) is 11.7 Å². The highest BCUT2D eigenvalue weighted by atomic mass is 32.2. The highest BCUT2D eigenvalue weighted by molar-refractivity contribution is 7.99. The maximum absolute atomic E-state index is 12.4. The van der Waals surface area contributed by atoms with Crippen molar-refractivity contribution in [1.29, 1.82) is 0 Å². The van der Waals surface area contributed by atoms with Crippen LogP contribution in [0.25, 0.3) is 17.0 Å². The minimum Gasteiger partial charge on any atom is -0.495 e. The Labute approximate surface area is 169 Å². The summed E-state index contributed by atoms with van der Waals surface area (Å²) < 4.78 is 6.98. The van der Waals surface area contributed by atoms with Gasteiger partial charge in [0.1, 0.15) is 5.75 Å². The third kappa shape index (κ3) is 3.99. The molecule has 2 heterocycles. The lowest BCUT2D eigenvalue weighted by atomic mass is 10.1. The number of methoxy groups -OCH3 is 1. The number of aromatic nitrogens is 4. The van der Waals surface area contributed by atoms with Crippen molar-refractivity contribution in [2.24, 2.45) is 0 Å². The number of rotatable bonds is 6. The fraction of sp³-hybridized carbons (Fsp3) is 0.100. The van der Waals surface area contributed by atoms with Crippen molar-refractivity contribution in [3.63, 3.8) is 0 Å². The van der Waals surface area contributed by atoms with E-state index >= 15 is 0 Å². The number of nitrogens with one attached hydrogen (secondary N) is 2. The predicted molar refractivity (Wildman–Crippen MR) is 111 cm³/mol. The first-order valence-corrected chi connectivity index (χ1v) is 9.74. The van der Waals surface area contributed by atoms with E-state index in [1.165, 1.54) is 17.8 Å². The lowest BCUT2D eigenvalue weighted by molar-refractivity contribution is -0.113. The summed E-state index contributed by atoms with van der Waals surface area (Å²) in [6.07, 6.45) is 0. The Morgan fingerprint density at radius 3 is 2.69 bits per heavy atom. The summed E-state index contributed by atoms with van der Waals surface area (Å²) in [6, 6.07) is 18.2. The number of fused-ring (bicyclic) bond motifs is 1. The topological polar surface area (TPSA) is 101 Å². The van der Waals surface area contributed by atoms with E-state index in [1.54, 1.807) is 23.6 Å². The summed E-state index contributed by atoms with van der Waals surface area (Å²) in [5.41, 5.74) is 1.83. The van der Waals surface area contributed by atoms with Crippen LogP contribution in [0, 0.1) is 0 Å². The molecule has 0 spiro atoms. The number of hydrogen-bond donors (Lipinski definition) is 2. The van der Waals surface area contributed by atoms with Crippen LogP contribution in [-0.2, 0) is 4.79 Å². The van der Waals surface area contributed by atoms with Crippen LogP contribution in [0.1, 0.15) is 0 Å². The van der Waals surface area contributed by atoms with Gasteiger partial charge in [-0.05, 0) is 17.7 Å². The number of para-hydroxylation sites is 2. The van der Waals surface area contributed by atoms with E-state index < -0.39 is 0 Å². The van der Waals surface area contributed by atoms with Crippen molar-refractivity contribution in [3.8, 4) is 17.0 Å². The molecule has 29 heavy (non-hydrogen) atoms. The monoisotopic (exact) mass is 407 g/mol. The Kier molecular flexibility index (Phi) is 5.30. The first kappa shape index (κ1) is 18.8. The molecule has 0 aliphatic rings. The van der Waals surface area contributed by atoms with Gasteiger partial charge in [-0.1, -0.05) is 54.2 Å². The second-order valence-corrected chi connectivity index (χ2v) is 7.01. The van der Waals surface area contributed by atoms with Crippen molar-refractivity contribution < 1.29 is 9.53 Å². The third-order valence-corrected chi connectivity index (χ3v) is 5.09. The Bertz CT molecular complexity index is 1220. The first-order chi connectivity index (χ1) is 14.2. The number of benzene rings is 2. The van der Waals surface area contributed by atoms with Crippen LogP contribution in [0.5, 0.6) is 5.75 Å². The van der Waals surface area contributed by atoms with Crippen LogP contribution in [0.15, 0.2) is 70.6 Å². The average Bonchev–Trinajstić information content (AvgIpc) is 3.15. The molecule has 0 unspecified atom stereocenters. The Hall–Kier alpha value is -3.59. The van der Waals surface area contributed by atoms with Gasteiger partial charge in [0, 0.05) is 6.07 Å². The Balaban J connectivity index is 1.59. The van der Waals surface area contributed by atoms with Gasteiger partial charge in [0.25, 0.3) is 5.56 Å². The summed E-state index contributed by atoms with van der Waals surface area (Å²) in [5.74, 6) is 0.820. The molecule has 2 aromatic carbocycles. The highest BCUT2D eigenvalue weighted by Crippen LogP contribution is 2.26. The lowest BCUT2D eigenvalue weighted by Gasteiger charge is -2.10. The molecule has 0 saturated heterocycles. The molecule has 0 saturated carbocycles. The molecule has 4 aromatic rings. The van der Waals surface area contributed by atoms with E-state index in [2.05, 4.69) is 20.5 Å². The molecule has 4 rings (SSSR count). The summed E-state index contributed by atoms with van der Waals surface area (Å²) in [7, 11) is 1.55. The zero-order valence-corrected chi connectivity index (χ0v) is 16.3. The summed E-state index contributed by atoms with van der Waals surface area (Å²) in [6.45, 7) is 0. The molecular weight excluding hydrogens is 390 g/mol. The first-order valence-electron chi connectivity index (χ1n) is 8.75. The zero-order valence-electron chi connectivity index (χ0n) is 15.5. The second-order valence-electron chi connectivity index (χ2n) is 6.06. The molecule has 0 aliphatic heterocycles. The van der Waals surface area contributed by atoms with Crippen LogP contribution in [0.3, 0.4) is 0 Å². The molecule has 0 aliphatic carbocycles. The number of nitrogens with zero attached hydrogens (tertiary/aromatic N) is 3. The molecule has 146 valence electrons. The van der Waals surface area contributed by atoms with Gasteiger partial charge >= 0.3 is 0 Å². The molecule has 0 bridgehead atoms. The minimum atomic E-state index is -0.269. The summed E-state index contributed by atoms with van der Waals surface area (Å²) in [4.78, 5) is 27.1. The number of H-pyrrole nitrogens is 1. The van der Waals surface area contributed by atoms with E-state index in [0.29, 0.717) is 28.1 Å². The number of carbonyl (C=O) groups excluding carboxylic acids is 1. The normalized spacial score (nSPS) is 10.8. The van der Waals surface area contributed by atoms with Gasteiger partial charge in [-0.3, -0.25) is 19.0 Å². The van der Waals surface area contributed by atoms with E-state index in [9.17, 15) is 9.59 Å². The molecule has 0 radical (unpaired) electrons. The van der Waals surface area contributed by atoms with Gasteiger partial charge in [-0.25, -0.2) is 0 Å². The number of thioether (sulfide) groups is 1. The van der Waals surface area contributed by atoms with Crippen LogP contribution in [0.4, 0.5) is 5.69 Å². The van der Waals surface area contributed by atoms with Crippen LogP contribution in [0.2, 0.25) is 0 Å². The van der Waals surface area contributed by atoms with Gasteiger partial charge in [-0.15, -0.1) is 10.2 Å². The molecule has 2 aromatic heterocycles. The maximum atomic E-state index is 12.4. The largest absolute Gasteiger partial charge is 0.495 e. The third-order valence-electron chi connectivity index (χ3n) is 4.16. The fourth-order valence-corrected chi connectivity index (χ4v) is 3.63. The number of aromatic amines is 1. The van der Waals surface area contributed by atoms with Crippen molar-refractivity contribution in [2.75, 3.05) is 18.2 Å². The fourth-order valence-electron chi connectivity index (χ4n) is 2.88. The zero-order chi connectivity index (χ0) is 20.2. The van der Waals surface area contributed by atoms with Crippen molar-refractivity contribution >= 4 is 29.1 Å². The smallest absolute Gasteiger partial charge is 0.252 e. The molecule has 2 N–H and O–H groups in total. The average molecular weight is 407 g/mol. The van der Waals surface area contributed by atoms with Crippen molar-refractivity contribution in [2.45, 2.75) is 5.16 Å². The summed E-state index contributed by atoms with van der Waals surface area (Å²) >= 11 is 1.23. The molecule has 0 fully saturated rings. The van der Waals surface area contributed by atoms with Crippen molar-refractivity contribution in [1.82, 2.24) is 19.6 Å². The quantitative estimate of drug-likeness (QED) is 0.477. The lowest BCUT2D eigenvalue weighted by Crippen LogP contribution is -2.15. The van der Waals surface area contributed by atoms with Gasteiger partial charge < -0.3 is 10.1 Å². The van der Waals surface area contributed by atoms with Crippen LogP contribution in [-0.4, -0.2) is 38.4 Å². The van der Waals surface area contributed by atoms with Gasteiger partial charge in [0.15, 0.2) is 5.16 Å². The number of hydrogen-bond acceptors (Lipinski definition) is 6. The molecular formula is C20H17N5O3S. The highest BCUT2D eigenvalue weighted by Gasteiger charge is 2.15. The van der Waals surface area contributed by atoms with E-state index in [4.69, 9.17) is 4.74 Å². The SMILES string of the molecule is COc1ccccc1NC(=O)CSc1nnc2[nH]c(=O)cc(-c3ccccc3)n12. The maximum Gasteiger partial charge on any atom is 0.252 e. The standard InChI is InChI=1S/C20H17N5O3S/c1-28-16-10-6-5-9-14(16)21-18(27)12-29-20-24-23-19-22-17(26)11-15(25(19)20)13-7-3-2-4-8-13/h2-11H,12H2,1H3,(H,21,27)(H,22,23,26). The number of carbonyl (C=O) groups is 1. The number of ether oxygens (including phenoxy) is 1. The summed E-state index contributed by atoms with van der Waals surface area (Å²) in [5, 5.41) is 11.5. The van der Waals surface area contributed by atoms with E-state index in [1.807, 2.05) is 42.5 Å².